The summed E-state index contributed by atoms with van der Waals surface area (Å²) in [5.41, 5.74) is 3.96. The Hall–Kier alpha value is -3.28. The van der Waals surface area contributed by atoms with E-state index in [2.05, 4.69) is 19.9 Å². The van der Waals surface area contributed by atoms with Gasteiger partial charge in [0.05, 0.1) is 25.5 Å². The molecule has 3 aromatic rings. The van der Waals surface area contributed by atoms with Gasteiger partial charge in [-0.25, -0.2) is 4.98 Å². The molecule has 3 heterocycles. The van der Waals surface area contributed by atoms with Crippen molar-refractivity contribution in [3.8, 4) is 11.6 Å². The Labute approximate surface area is 170 Å². The maximum atomic E-state index is 6.08. The first kappa shape index (κ1) is 19.1. The summed E-state index contributed by atoms with van der Waals surface area (Å²) in [6.45, 7) is 4.45. The molecule has 0 aliphatic heterocycles. The highest BCUT2D eigenvalue weighted by atomic mass is 16.5. The second kappa shape index (κ2) is 8.39. The van der Waals surface area contributed by atoms with E-state index in [-0.39, 0.29) is 0 Å². The van der Waals surface area contributed by atoms with Crippen molar-refractivity contribution in [1.29, 1.82) is 0 Å². The van der Waals surface area contributed by atoms with E-state index in [1.54, 1.807) is 19.5 Å². The average molecular weight is 388 g/mol. The first-order valence-electron chi connectivity index (χ1n) is 9.69. The van der Waals surface area contributed by atoms with Crippen LogP contribution in [0.1, 0.15) is 40.7 Å². The van der Waals surface area contributed by atoms with Crippen molar-refractivity contribution < 1.29 is 9.47 Å². The van der Waals surface area contributed by atoms with E-state index >= 15 is 0 Å². The third kappa shape index (κ3) is 4.77. The Bertz CT molecular complexity index is 1000. The molecule has 0 spiro atoms. The number of hydrogen-bond donors (Lipinski definition) is 0. The summed E-state index contributed by atoms with van der Waals surface area (Å²) >= 11 is 0. The molecule has 2 atom stereocenters. The summed E-state index contributed by atoms with van der Waals surface area (Å²) in [4.78, 5) is 17.6. The molecular weight excluding hydrogens is 364 g/mol. The molecule has 1 fully saturated rings. The van der Waals surface area contributed by atoms with Gasteiger partial charge < -0.3 is 9.47 Å². The van der Waals surface area contributed by atoms with Gasteiger partial charge in [-0.15, -0.1) is 0 Å². The number of nitrogens with zero attached hydrogens (tertiary/aromatic N) is 4. The monoisotopic (exact) mass is 388 g/mol. The Morgan fingerprint density at radius 1 is 1.00 bits per heavy atom. The van der Waals surface area contributed by atoms with Crippen LogP contribution in [0, 0.1) is 19.8 Å². The minimum Gasteiger partial charge on any atom is -0.495 e. The zero-order chi connectivity index (χ0) is 20.2. The van der Waals surface area contributed by atoms with E-state index < -0.39 is 0 Å². The van der Waals surface area contributed by atoms with E-state index in [4.69, 9.17) is 9.47 Å². The van der Waals surface area contributed by atoms with E-state index in [0.717, 1.165) is 34.7 Å². The molecule has 148 valence electrons. The summed E-state index contributed by atoms with van der Waals surface area (Å²) < 4.78 is 11.3. The van der Waals surface area contributed by atoms with Gasteiger partial charge in [0, 0.05) is 35.6 Å². The molecule has 3 aromatic heterocycles. The number of ether oxygens (including phenoxy) is 2. The quantitative estimate of drug-likeness (QED) is 0.603. The number of methoxy groups -OCH3 is 1. The molecule has 4 rings (SSSR count). The van der Waals surface area contributed by atoms with E-state index in [1.165, 1.54) is 0 Å². The maximum Gasteiger partial charge on any atom is 0.224 e. The Morgan fingerprint density at radius 2 is 1.90 bits per heavy atom. The highest BCUT2D eigenvalue weighted by molar-refractivity contribution is 5.71. The molecule has 0 amide bonds. The molecule has 6 nitrogen and oxygen atoms in total. The number of rotatable bonds is 7. The molecule has 1 aliphatic carbocycles. The van der Waals surface area contributed by atoms with Gasteiger partial charge in [-0.2, -0.15) is 4.98 Å². The van der Waals surface area contributed by atoms with Gasteiger partial charge in [0.15, 0.2) is 0 Å². The van der Waals surface area contributed by atoms with Crippen molar-refractivity contribution in [2.75, 3.05) is 13.7 Å². The van der Waals surface area contributed by atoms with Gasteiger partial charge in [0.25, 0.3) is 0 Å². The fourth-order valence-electron chi connectivity index (χ4n) is 3.16. The zero-order valence-electron chi connectivity index (χ0n) is 16.9. The topological polar surface area (TPSA) is 70.0 Å². The minimum atomic E-state index is 0.432. The summed E-state index contributed by atoms with van der Waals surface area (Å²) in [6, 6.07) is 8.01. The molecular formula is C23H24N4O2. The summed E-state index contributed by atoms with van der Waals surface area (Å²) in [5, 5.41) is 0. The predicted octanol–water partition coefficient (Wildman–Crippen LogP) is 4.24. The molecule has 6 heteroatoms. The maximum absolute atomic E-state index is 6.08. The third-order valence-corrected chi connectivity index (χ3v) is 5.02. The molecule has 1 aliphatic rings. The second-order valence-corrected chi connectivity index (χ2v) is 7.28. The van der Waals surface area contributed by atoms with Crippen LogP contribution in [0.15, 0.2) is 42.9 Å². The normalized spacial score (nSPS) is 18.0. The largest absolute Gasteiger partial charge is 0.495 e. The van der Waals surface area contributed by atoms with Crippen LogP contribution in [0.25, 0.3) is 12.2 Å². The lowest BCUT2D eigenvalue weighted by Crippen LogP contribution is -2.05. The van der Waals surface area contributed by atoms with Gasteiger partial charge in [-0.1, -0.05) is 12.1 Å². The highest BCUT2D eigenvalue weighted by Gasteiger charge is 2.40. The van der Waals surface area contributed by atoms with Gasteiger partial charge in [-0.05, 0) is 50.1 Å². The molecule has 0 bridgehead atoms. The van der Waals surface area contributed by atoms with Crippen LogP contribution in [-0.4, -0.2) is 33.7 Å². The third-order valence-electron chi connectivity index (χ3n) is 5.02. The van der Waals surface area contributed by atoms with Crippen LogP contribution >= 0.6 is 0 Å². The SMILES string of the molecule is COc1ccc([C@H]2C[C@@H]2COc2nc(C)ncc2/C=C/c2ccc(C)nc2)nc1. The van der Waals surface area contributed by atoms with Gasteiger partial charge in [0.1, 0.15) is 11.6 Å². The van der Waals surface area contributed by atoms with Crippen molar-refractivity contribution in [2.24, 2.45) is 5.92 Å². The molecule has 0 N–H and O–H groups in total. The van der Waals surface area contributed by atoms with Gasteiger partial charge in [-0.3, -0.25) is 9.97 Å². The first-order valence-corrected chi connectivity index (χ1v) is 9.69. The predicted molar refractivity (Wildman–Crippen MR) is 112 cm³/mol. The van der Waals surface area contributed by atoms with E-state index in [0.29, 0.717) is 30.1 Å². The number of aryl methyl sites for hydroxylation is 2. The van der Waals surface area contributed by atoms with Crippen molar-refractivity contribution in [3.63, 3.8) is 0 Å². The fourth-order valence-corrected chi connectivity index (χ4v) is 3.16. The molecule has 0 saturated heterocycles. The molecule has 0 radical (unpaired) electrons. The molecule has 1 saturated carbocycles. The van der Waals surface area contributed by atoms with Crippen LogP contribution in [0.4, 0.5) is 0 Å². The summed E-state index contributed by atoms with van der Waals surface area (Å²) in [5.74, 6) is 2.96. The lowest BCUT2D eigenvalue weighted by atomic mass is 10.2. The highest BCUT2D eigenvalue weighted by Crippen LogP contribution is 2.47. The summed E-state index contributed by atoms with van der Waals surface area (Å²) in [7, 11) is 1.65. The van der Waals surface area contributed by atoms with E-state index in [1.807, 2.05) is 56.5 Å². The van der Waals surface area contributed by atoms with Crippen molar-refractivity contribution in [3.05, 3.63) is 71.2 Å². The van der Waals surface area contributed by atoms with Gasteiger partial charge in [0.2, 0.25) is 5.88 Å². The van der Waals surface area contributed by atoms with Crippen LogP contribution in [0.3, 0.4) is 0 Å². The Balaban J connectivity index is 1.41. The Kier molecular flexibility index (Phi) is 5.51. The first-order chi connectivity index (χ1) is 14.1. The summed E-state index contributed by atoms with van der Waals surface area (Å²) in [6.07, 6.45) is 10.4. The van der Waals surface area contributed by atoms with Crippen molar-refractivity contribution in [1.82, 2.24) is 19.9 Å². The lowest BCUT2D eigenvalue weighted by molar-refractivity contribution is 0.283. The fraction of sp³-hybridized carbons (Fsp3) is 0.304. The number of hydrogen-bond acceptors (Lipinski definition) is 6. The molecule has 0 aromatic carbocycles. The van der Waals surface area contributed by atoms with Crippen LogP contribution in [0.2, 0.25) is 0 Å². The number of pyridine rings is 2. The minimum absolute atomic E-state index is 0.432. The smallest absolute Gasteiger partial charge is 0.224 e. The lowest BCUT2D eigenvalue weighted by Gasteiger charge is -2.09. The van der Waals surface area contributed by atoms with Crippen molar-refractivity contribution in [2.45, 2.75) is 26.2 Å². The van der Waals surface area contributed by atoms with Crippen molar-refractivity contribution >= 4 is 12.2 Å². The van der Waals surface area contributed by atoms with Gasteiger partial charge >= 0.3 is 0 Å². The van der Waals surface area contributed by atoms with Crippen LogP contribution in [-0.2, 0) is 0 Å². The Morgan fingerprint density at radius 3 is 2.62 bits per heavy atom. The van der Waals surface area contributed by atoms with Crippen LogP contribution < -0.4 is 9.47 Å². The molecule has 0 unspecified atom stereocenters. The van der Waals surface area contributed by atoms with E-state index in [9.17, 15) is 0 Å². The average Bonchev–Trinajstić information content (AvgIpc) is 3.52. The number of aromatic nitrogens is 4. The second-order valence-electron chi connectivity index (χ2n) is 7.28. The standard InChI is InChI=1S/C23H24N4O2/c1-15-4-5-17(11-24-15)6-7-18-12-25-16(2)27-23(18)29-14-19-10-21(19)22-9-8-20(28-3)13-26-22/h4-9,11-13,19,21H,10,14H2,1-3H3/b7-6+/t19-,21+/m1/s1. The van der Waals surface area contributed by atoms with Crippen LogP contribution in [0.5, 0.6) is 11.6 Å². The molecule has 29 heavy (non-hydrogen) atoms. The zero-order valence-corrected chi connectivity index (χ0v) is 16.9.